The molecule has 31 heavy (non-hydrogen) atoms. The minimum atomic E-state index is -0.0376. The molecule has 3 aromatic heterocycles. The lowest BCUT2D eigenvalue weighted by molar-refractivity contribution is 0.0996. The second-order valence-electron chi connectivity index (χ2n) is 7.50. The second kappa shape index (κ2) is 8.71. The lowest BCUT2D eigenvalue weighted by atomic mass is 10.0. The number of aromatic nitrogens is 3. The summed E-state index contributed by atoms with van der Waals surface area (Å²) < 4.78 is 10.9. The number of aryl methyl sites for hydroxylation is 2. The Hall–Kier alpha value is -3.48. The van der Waals surface area contributed by atoms with Crippen LogP contribution < -0.4 is 14.4 Å². The summed E-state index contributed by atoms with van der Waals surface area (Å²) in [6.45, 7) is 6.89. The van der Waals surface area contributed by atoms with Crippen LogP contribution in [-0.2, 0) is 13.0 Å². The van der Waals surface area contributed by atoms with Crippen molar-refractivity contribution in [2.24, 2.45) is 0 Å². The van der Waals surface area contributed by atoms with Gasteiger partial charge in [0.05, 0.1) is 49.1 Å². The van der Waals surface area contributed by atoms with Gasteiger partial charge in [-0.15, -0.1) is 0 Å². The van der Waals surface area contributed by atoms with E-state index in [0.29, 0.717) is 30.3 Å². The average Bonchev–Trinajstić information content (AvgIpc) is 3.11. The molecular weight excluding hydrogens is 392 g/mol. The van der Waals surface area contributed by atoms with E-state index in [9.17, 15) is 4.79 Å². The molecule has 0 spiro atoms. The van der Waals surface area contributed by atoms with Crippen LogP contribution >= 0.6 is 0 Å². The van der Waals surface area contributed by atoms with Crippen molar-refractivity contribution in [1.82, 2.24) is 15.0 Å². The number of hydrogen-bond acceptors (Lipinski definition) is 6. The summed E-state index contributed by atoms with van der Waals surface area (Å²) >= 11 is 0. The maximum atomic E-state index is 13.2. The van der Waals surface area contributed by atoms with Crippen LogP contribution in [0.4, 0.5) is 5.69 Å². The molecule has 0 N–H and O–H groups in total. The van der Waals surface area contributed by atoms with Gasteiger partial charge in [-0.25, -0.2) is 4.98 Å². The van der Waals surface area contributed by atoms with Gasteiger partial charge < -0.3 is 14.4 Å². The van der Waals surface area contributed by atoms with E-state index in [4.69, 9.17) is 14.5 Å². The van der Waals surface area contributed by atoms with Gasteiger partial charge in [-0.05, 0) is 49.6 Å². The molecule has 4 rings (SSSR count). The molecule has 0 fully saturated rings. The summed E-state index contributed by atoms with van der Waals surface area (Å²) in [5.41, 5.74) is 5.80. The highest BCUT2D eigenvalue weighted by atomic mass is 16.5. The molecule has 1 aliphatic rings. The molecule has 0 radical (unpaired) electrons. The van der Waals surface area contributed by atoms with E-state index in [2.05, 4.69) is 16.9 Å². The van der Waals surface area contributed by atoms with Gasteiger partial charge in [0, 0.05) is 18.0 Å². The number of rotatable bonds is 7. The Morgan fingerprint density at radius 1 is 1.13 bits per heavy atom. The van der Waals surface area contributed by atoms with Gasteiger partial charge >= 0.3 is 0 Å². The largest absolute Gasteiger partial charge is 0.491 e. The fraction of sp³-hybridized carbons (Fsp3) is 0.333. The molecule has 1 amide bonds. The van der Waals surface area contributed by atoms with Gasteiger partial charge in [-0.1, -0.05) is 13.3 Å². The predicted molar refractivity (Wildman–Crippen MR) is 119 cm³/mol. The Balaban J connectivity index is 1.69. The SMILES string of the molecule is CCCc1cncc(N2Cc3nc(-c4cnc(OCC)c(OC)c4)cc(C)c3C2=O)c1. The molecule has 7 nitrogen and oxygen atoms in total. The third kappa shape index (κ3) is 3.95. The first kappa shape index (κ1) is 20.8. The minimum Gasteiger partial charge on any atom is -0.491 e. The van der Waals surface area contributed by atoms with Crippen LogP contribution in [0, 0.1) is 6.92 Å². The van der Waals surface area contributed by atoms with Crippen LogP contribution in [0.15, 0.2) is 36.8 Å². The molecule has 0 aliphatic carbocycles. The fourth-order valence-electron chi connectivity index (χ4n) is 3.87. The Labute approximate surface area is 182 Å². The van der Waals surface area contributed by atoms with E-state index >= 15 is 0 Å². The van der Waals surface area contributed by atoms with E-state index in [0.717, 1.165) is 46.6 Å². The first-order valence-electron chi connectivity index (χ1n) is 10.5. The number of amides is 1. The Morgan fingerprint density at radius 2 is 1.97 bits per heavy atom. The molecule has 0 bridgehead atoms. The number of carbonyl (C=O) groups is 1. The zero-order valence-electron chi connectivity index (χ0n) is 18.3. The smallest absolute Gasteiger partial charge is 0.260 e. The van der Waals surface area contributed by atoms with Crippen molar-refractivity contribution in [3.63, 3.8) is 0 Å². The highest BCUT2D eigenvalue weighted by Crippen LogP contribution is 2.34. The van der Waals surface area contributed by atoms with Crippen LogP contribution in [-0.4, -0.2) is 34.6 Å². The number of nitrogens with zero attached hydrogens (tertiary/aromatic N) is 4. The number of pyridine rings is 3. The van der Waals surface area contributed by atoms with Crippen LogP contribution in [0.2, 0.25) is 0 Å². The van der Waals surface area contributed by atoms with Gasteiger partial charge in [0.15, 0.2) is 5.75 Å². The quantitative estimate of drug-likeness (QED) is 0.567. The average molecular weight is 418 g/mol. The van der Waals surface area contributed by atoms with Crippen LogP contribution in [0.3, 0.4) is 0 Å². The van der Waals surface area contributed by atoms with Gasteiger partial charge in [-0.2, -0.15) is 0 Å². The molecule has 160 valence electrons. The van der Waals surface area contributed by atoms with Crippen molar-refractivity contribution in [2.75, 3.05) is 18.6 Å². The number of hydrogen-bond donors (Lipinski definition) is 0. The minimum absolute atomic E-state index is 0.0376. The summed E-state index contributed by atoms with van der Waals surface area (Å²) in [5, 5.41) is 0. The molecule has 4 heterocycles. The number of methoxy groups -OCH3 is 1. The standard InChI is InChI=1S/C24H26N4O3/c1-5-7-16-9-18(13-25-11-16)28-14-20-22(24(28)29)15(3)8-19(27-20)17-10-21(30-4)23(26-12-17)31-6-2/h8-13H,5-7,14H2,1-4H3. The van der Waals surface area contributed by atoms with Crippen molar-refractivity contribution < 1.29 is 14.3 Å². The Bertz CT molecular complexity index is 1130. The zero-order chi connectivity index (χ0) is 22.0. The third-order valence-electron chi connectivity index (χ3n) is 5.30. The number of ether oxygens (including phenoxy) is 2. The third-order valence-corrected chi connectivity index (χ3v) is 5.30. The van der Waals surface area contributed by atoms with E-state index in [-0.39, 0.29) is 5.91 Å². The molecule has 1 aliphatic heterocycles. The van der Waals surface area contributed by atoms with Crippen molar-refractivity contribution >= 4 is 11.6 Å². The fourth-order valence-corrected chi connectivity index (χ4v) is 3.87. The number of carbonyl (C=O) groups excluding carboxylic acids is 1. The Morgan fingerprint density at radius 3 is 2.71 bits per heavy atom. The molecule has 0 saturated carbocycles. The molecule has 0 aromatic carbocycles. The Kier molecular flexibility index (Phi) is 5.84. The normalized spacial score (nSPS) is 12.8. The summed E-state index contributed by atoms with van der Waals surface area (Å²) in [5.74, 6) is 0.965. The molecule has 3 aromatic rings. The maximum absolute atomic E-state index is 13.2. The monoisotopic (exact) mass is 418 g/mol. The number of fused-ring (bicyclic) bond motifs is 1. The highest BCUT2D eigenvalue weighted by Gasteiger charge is 2.32. The summed E-state index contributed by atoms with van der Waals surface area (Å²) in [6, 6.07) is 5.82. The summed E-state index contributed by atoms with van der Waals surface area (Å²) in [7, 11) is 1.59. The van der Waals surface area contributed by atoms with Crippen molar-refractivity contribution in [1.29, 1.82) is 0 Å². The van der Waals surface area contributed by atoms with Crippen LogP contribution in [0.1, 0.15) is 47.4 Å². The van der Waals surface area contributed by atoms with Gasteiger partial charge in [0.1, 0.15) is 0 Å². The molecule has 7 heteroatoms. The van der Waals surface area contributed by atoms with E-state index in [1.165, 1.54) is 0 Å². The topological polar surface area (TPSA) is 77.4 Å². The van der Waals surface area contributed by atoms with Crippen molar-refractivity contribution in [3.05, 3.63) is 59.2 Å². The lowest BCUT2D eigenvalue weighted by Gasteiger charge is -2.15. The molecule has 0 unspecified atom stereocenters. The second-order valence-corrected chi connectivity index (χ2v) is 7.50. The maximum Gasteiger partial charge on any atom is 0.260 e. The predicted octanol–water partition coefficient (Wildman–Crippen LogP) is 4.37. The summed E-state index contributed by atoms with van der Waals surface area (Å²) in [4.78, 5) is 28.4. The number of anilines is 1. The molecular formula is C24H26N4O3. The first-order chi connectivity index (χ1) is 15.0. The highest BCUT2D eigenvalue weighted by molar-refractivity contribution is 6.10. The summed E-state index contributed by atoms with van der Waals surface area (Å²) in [6.07, 6.45) is 7.27. The van der Waals surface area contributed by atoms with E-state index in [1.54, 1.807) is 24.4 Å². The van der Waals surface area contributed by atoms with Gasteiger partial charge in [0.25, 0.3) is 11.8 Å². The van der Waals surface area contributed by atoms with Crippen molar-refractivity contribution in [2.45, 2.75) is 40.2 Å². The zero-order valence-corrected chi connectivity index (χ0v) is 18.3. The van der Waals surface area contributed by atoms with E-state index in [1.807, 2.05) is 38.2 Å². The van der Waals surface area contributed by atoms with Crippen molar-refractivity contribution in [3.8, 4) is 22.9 Å². The molecule has 0 saturated heterocycles. The first-order valence-corrected chi connectivity index (χ1v) is 10.5. The molecule has 0 atom stereocenters. The van der Waals surface area contributed by atoms with E-state index < -0.39 is 0 Å². The lowest BCUT2D eigenvalue weighted by Crippen LogP contribution is -2.23. The van der Waals surface area contributed by atoms with Gasteiger partial charge in [-0.3, -0.25) is 14.8 Å². The van der Waals surface area contributed by atoms with Gasteiger partial charge in [0.2, 0.25) is 0 Å². The van der Waals surface area contributed by atoms with Crippen LogP contribution in [0.25, 0.3) is 11.3 Å². The van der Waals surface area contributed by atoms with Crippen LogP contribution in [0.5, 0.6) is 11.6 Å².